The zero-order chi connectivity index (χ0) is 21.6. The summed E-state index contributed by atoms with van der Waals surface area (Å²) in [5.74, 6) is 1.18. The van der Waals surface area contributed by atoms with Gasteiger partial charge in [-0.15, -0.1) is 0 Å². The molecule has 0 unspecified atom stereocenters. The summed E-state index contributed by atoms with van der Waals surface area (Å²) in [6.07, 6.45) is -2.21. The van der Waals surface area contributed by atoms with Gasteiger partial charge in [-0.25, -0.2) is 4.98 Å². The van der Waals surface area contributed by atoms with Gasteiger partial charge in [0.2, 0.25) is 0 Å². The van der Waals surface area contributed by atoms with Crippen molar-refractivity contribution in [1.29, 1.82) is 0 Å². The molecule has 1 aliphatic heterocycles. The summed E-state index contributed by atoms with van der Waals surface area (Å²) in [4.78, 5) is 17.1. The average Bonchev–Trinajstić information content (AvgIpc) is 3.09. The Hall–Kier alpha value is -3.00. The molecule has 3 aromatic rings. The number of fused-ring (bicyclic) bond motifs is 2. The van der Waals surface area contributed by atoms with Crippen LogP contribution in [0.4, 0.5) is 13.2 Å². The van der Waals surface area contributed by atoms with E-state index in [0.717, 1.165) is 17.7 Å². The molecule has 5 nitrogen and oxygen atoms in total. The molecule has 1 aromatic heterocycles. The van der Waals surface area contributed by atoms with Crippen molar-refractivity contribution in [2.45, 2.75) is 19.1 Å². The van der Waals surface area contributed by atoms with Gasteiger partial charge in [0.25, 0.3) is 5.56 Å². The van der Waals surface area contributed by atoms with Crippen LogP contribution in [-0.4, -0.2) is 23.8 Å². The highest BCUT2D eigenvalue weighted by Gasteiger charge is 2.31. The van der Waals surface area contributed by atoms with Gasteiger partial charge >= 0.3 is 6.18 Å². The molecule has 2 aromatic carbocycles. The van der Waals surface area contributed by atoms with Gasteiger partial charge in [-0.2, -0.15) is 13.2 Å². The zero-order valence-electron chi connectivity index (χ0n) is 16.0. The second kappa shape index (κ2) is 7.36. The second-order valence-corrected chi connectivity index (χ2v) is 7.19. The first kappa shape index (κ1) is 20.3. The molecule has 0 bridgehead atoms. The molecule has 0 spiro atoms. The van der Waals surface area contributed by atoms with Crippen LogP contribution in [0.2, 0.25) is 5.02 Å². The highest BCUT2D eigenvalue weighted by Crippen LogP contribution is 2.38. The fourth-order valence-corrected chi connectivity index (χ4v) is 3.85. The molecule has 0 aliphatic carbocycles. The molecule has 0 fully saturated rings. The lowest BCUT2D eigenvalue weighted by Gasteiger charge is -2.11. The van der Waals surface area contributed by atoms with E-state index in [9.17, 15) is 18.0 Å². The fourth-order valence-electron chi connectivity index (χ4n) is 3.55. The van der Waals surface area contributed by atoms with Gasteiger partial charge < -0.3 is 9.47 Å². The number of methoxy groups -OCH3 is 2. The molecule has 156 valence electrons. The summed E-state index contributed by atoms with van der Waals surface area (Å²) in [7, 11) is 2.97. The Balaban J connectivity index is 1.86. The summed E-state index contributed by atoms with van der Waals surface area (Å²) in [6.45, 7) is 0.394. The molecule has 0 amide bonds. The van der Waals surface area contributed by atoms with Gasteiger partial charge in [0.05, 0.1) is 35.7 Å². The third kappa shape index (κ3) is 3.41. The second-order valence-electron chi connectivity index (χ2n) is 6.78. The first-order valence-corrected chi connectivity index (χ1v) is 9.35. The Morgan fingerprint density at radius 3 is 2.60 bits per heavy atom. The SMILES string of the molecule is COc1cc(/C=C2\CCn3c2nc2cc(C(F)(F)F)ccc2c3=O)cc(Cl)c1OC. The number of allylic oxidation sites excluding steroid dienone is 1. The standard InChI is InChI=1S/C21H16ClF3N2O3/c1-29-17-9-11(8-15(22)18(17)30-2)7-12-5-6-27-19(12)26-16-10-13(21(23,24)25)3-4-14(16)20(27)28/h3-4,7-10H,5-6H2,1-2H3/b12-7+. The molecule has 0 atom stereocenters. The summed E-state index contributed by atoms with van der Waals surface area (Å²) in [5, 5.41) is 0.502. The predicted molar refractivity (Wildman–Crippen MR) is 108 cm³/mol. The number of nitrogens with zero attached hydrogens (tertiary/aromatic N) is 2. The van der Waals surface area contributed by atoms with Crippen molar-refractivity contribution in [3.05, 3.63) is 62.7 Å². The van der Waals surface area contributed by atoms with Crippen LogP contribution in [-0.2, 0) is 12.7 Å². The lowest BCUT2D eigenvalue weighted by atomic mass is 10.1. The highest BCUT2D eigenvalue weighted by molar-refractivity contribution is 6.32. The van der Waals surface area contributed by atoms with Crippen LogP contribution >= 0.6 is 11.6 Å². The van der Waals surface area contributed by atoms with Gasteiger partial charge in [-0.3, -0.25) is 9.36 Å². The van der Waals surface area contributed by atoms with Gasteiger partial charge in [0, 0.05) is 6.54 Å². The number of hydrogen-bond donors (Lipinski definition) is 0. The van der Waals surface area contributed by atoms with Crippen LogP contribution in [0.3, 0.4) is 0 Å². The molecular weight excluding hydrogens is 421 g/mol. The summed E-state index contributed by atoms with van der Waals surface area (Å²) < 4.78 is 51.2. The Labute approximate surface area is 174 Å². The third-order valence-corrected chi connectivity index (χ3v) is 5.25. The molecule has 9 heteroatoms. The van der Waals surface area contributed by atoms with Crippen molar-refractivity contribution in [2.75, 3.05) is 14.2 Å². The molecule has 2 heterocycles. The number of benzene rings is 2. The van der Waals surface area contributed by atoms with E-state index in [1.165, 1.54) is 24.9 Å². The fraction of sp³-hybridized carbons (Fsp3) is 0.238. The molecule has 0 N–H and O–H groups in total. The van der Waals surface area contributed by atoms with Crippen molar-refractivity contribution in [3.8, 4) is 11.5 Å². The number of halogens is 4. The van der Waals surface area contributed by atoms with Crippen LogP contribution in [0.5, 0.6) is 11.5 Å². The minimum absolute atomic E-state index is 0.0132. The van der Waals surface area contributed by atoms with Crippen LogP contribution in [0.1, 0.15) is 23.4 Å². The van der Waals surface area contributed by atoms with E-state index < -0.39 is 11.7 Å². The highest BCUT2D eigenvalue weighted by atomic mass is 35.5. The van der Waals surface area contributed by atoms with Crippen molar-refractivity contribution in [2.24, 2.45) is 0 Å². The molecule has 4 rings (SSSR count). The largest absolute Gasteiger partial charge is 0.493 e. The van der Waals surface area contributed by atoms with Crippen molar-refractivity contribution in [1.82, 2.24) is 9.55 Å². The van der Waals surface area contributed by atoms with E-state index in [-0.39, 0.29) is 16.5 Å². The maximum atomic E-state index is 13.1. The van der Waals surface area contributed by atoms with Crippen LogP contribution in [0.15, 0.2) is 35.1 Å². The minimum Gasteiger partial charge on any atom is -0.493 e. The number of rotatable bonds is 3. The van der Waals surface area contributed by atoms with E-state index in [0.29, 0.717) is 40.9 Å². The van der Waals surface area contributed by atoms with E-state index in [4.69, 9.17) is 21.1 Å². The average molecular weight is 437 g/mol. The van der Waals surface area contributed by atoms with Gasteiger partial charge in [0.15, 0.2) is 11.5 Å². The molecular formula is C21H16ClF3N2O3. The number of hydrogen-bond acceptors (Lipinski definition) is 4. The topological polar surface area (TPSA) is 53.4 Å². The first-order valence-electron chi connectivity index (χ1n) is 8.97. The van der Waals surface area contributed by atoms with Crippen molar-refractivity contribution < 1.29 is 22.6 Å². The Kier molecular flexibility index (Phi) is 4.97. The summed E-state index contributed by atoms with van der Waals surface area (Å²) in [6, 6.07) is 6.38. The number of alkyl halides is 3. The van der Waals surface area contributed by atoms with E-state index >= 15 is 0 Å². The van der Waals surface area contributed by atoms with E-state index in [1.54, 1.807) is 18.2 Å². The molecule has 0 radical (unpaired) electrons. The lowest BCUT2D eigenvalue weighted by molar-refractivity contribution is -0.137. The van der Waals surface area contributed by atoms with E-state index in [1.807, 2.05) is 0 Å². The van der Waals surface area contributed by atoms with Crippen LogP contribution in [0, 0.1) is 0 Å². The number of ether oxygens (including phenoxy) is 2. The normalized spacial score (nSPS) is 14.9. The monoisotopic (exact) mass is 436 g/mol. The van der Waals surface area contributed by atoms with Gasteiger partial charge in [-0.05, 0) is 54.0 Å². The quantitative estimate of drug-likeness (QED) is 0.578. The van der Waals surface area contributed by atoms with Gasteiger partial charge in [0.1, 0.15) is 5.82 Å². The first-order chi connectivity index (χ1) is 14.2. The zero-order valence-corrected chi connectivity index (χ0v) is 16.8. The lowest BCUT2D eigenvalue weighted by Crippen LogP contribution is -2.21. The molecule has 0 saturated heterocycles. The maximum absolute atomic E-state index is 13.1. The van der Waals surface area contributed by atoms with Crippen molar-refractivity contribution >= 4 is 34.2 Å². The third-order valence-electron chi connectivity index (χ3n) is 4.97. The molecule has 30 heavy (non-hydrogen) atoms. The summed E-state index contributed by atoms with van der Waals surface area (Å²) >= 11 is 6.25. The maximum Gasteiger partial charge on any atom is 0.416 e. The van der Waals surface area contributed by atoms with Crippen LogP contribution in [0.25, 0.3) is 22.6 Å². The number of aromatic nitrogens is 2. The molecule has 1 aliphatic rings. The minimum atomic E-state index is -4.51. The predicted octanol–water partition coefficient (Wildman–Crippen LogP) is 5.03. The summed E-state index contributed by atoms with van der Waals surface area (Å²) in [5.41, 5.74) is 0.216. The Morgan fingerprint density at radius 1 is 1.17 bits per heavy atom. The van der Waals surface area contributed by atoms with Crippen molar-refractivity contribution in [3.63, 3.8) is 0 Å². The van der Waals surface area contributed by atoms with Crippen LogP contribution < -0.4 is 15.0 Å². The molecule has 0 saturated carbocycles. The van der Waals surface area contributed by atoms with Gasteiger partial charge in [-0.1, -0.05) is 11.6 Å². The Morgan fingerprint density at radius 2 is 1.93 bits per heavy atom. The Bertz CT molecular complexity index is 1250. The van der Waals surface area contributed by atoms with E-state index in [2.05, 4.69) is 4.98 Å². The smallest absolute Gasteiger partial charge is 0.416 e.